The number of pyridine rings is 1. The fourth-order valence-corrected chi connectivity index (χ4v) is 1.63. The second kappa shape index (κ2) is 4.92. The number of carboxylic acids is 1. The molecule has 0 aromatic carbocycles. The van der Waals surface area contributed by atoms with E-state index < -0.39 is 12.1 Å². The van der Waals surface area contributed by atoms with Crippen LogP contribution in [0.5, 0.6) is 0 Å². The molecule has 1 amide bonds. The topological polar surface area (TPSA) is 88.5 Å². The van der Waals surface area contributed by atoms with Crippen LogP contribution in [0.3, 0.4) is 0 Å². The second-order valence-corrected chi connectivity index (χ2v) is 3.73. The number of carbonyl (C=O) groups is 2. The van der Waals surface area contributed by atoms with Gasteiger partial charge in [-0.05, 0) is 25.0 Å². The molecule has 0 unspecified atom stereocenters. The van der Waals surface area contributed by atoms with E-state index in [1.807, 2.05) is 0 Å². The van der Waals surface area contributed by atoms with Gasteiger partial charge in [-0.3, -0.25) is 4.79 Å². The quantitative estimate of drug-likeness (QED) is 0.813. The molecule has 2 heterocycles. The van der Waals surface area contributed by atoms with Crippen LogP contribution in [0.1, 0.15) is 23.3 Å². The van der Waals surface area contributed by atoms with Crippen LogP contribution in [0.4, 0.5) is 5.69 Å². The molecule has 1 aliphatic heterocycles. The second-order valence-electron chi connectivity index (χ2n) is 3.73. The molecular formula is C11H12N2O4. The van der Waals surface area contributed by atoms with Gasteiger partial charge in [-0.2, -0.15) is 0 Å². The molecule has 0 spiro atoms. The number of hydrogen-bond acceptors (Lipinski definition) is 4. The van der Waals surface area contributed by atoms with Crippen molar-refractivity contribution in [2.75, 3.05) is 11.9 Å². The Morgan fingerprint density at radius 2 is 2.35 bits per heavy atom. The van der Waals surface area contributed by atoms with Gasteiger partial charge in [0.05, 0.1) is 0 Å². The molecule has 2 rings (SSSR count). The van der Waals surface area contributed by atoms with Crippen LogP contribution in [0, 0.1) is 0 Å². The van der Waals surface area contributed by atoms with Crippen molar-refractivity contribution in [3.05, 3.63) is 24.0 Å². The Bertz CT molecular complexity index is 441. The van der Waals surface area contributed by atoms with Crippen LogP contribution in [-0.2, 0) is 9.53 Å². The molecule has 1 aromatic rings. The summed E-state index contributed by atoms with van der Waals surface area (Å²) >= 11 is 0. The molecule has 0 aliphatic carbocycles. The highest BCUT2D eigenvalue weighted by Crippen LogP contribution is 2.15. The number of nitrogens with zero attached hydrogens (tertiary/aromatic N) is 1. The summed E-state index contributed by atoms with van der Waals surface area (Å²) in [4.78, 5) is 26.0. The van der Waals surface area contributed by atoms with E-state index in [2.05, 4.69) is 10.3 Å². The molecule has 1 fully saturated rings. The van der Waals surface area contributed by atoms with Crippen LogP contribution in [-0.4, -0.2) is 34.7 Å². The van der Waals surface area contributed by atoms with Gasteiger partial charge in [0.25, 0.3) is 5.91 Å². The van der Waals surface area contributed by atoms with Gasteiger partial charge in [0, 0.05) is 18.5 Å². The number of anilines is 1. The summed E-state index contributed by atoms with van der Waals surface area (Å²) in [5, 5.41) is 11.4. The van der Waals surface area contributed by atoms with Gasteiger partial charge in [-0.1, -0.05) is 0 Å². The standard InChI is InChI=1S/C11H12N2O4/c14-10(9-2-1-5-17-9)13-7-3-4-12-8(6-7)11(15)16/h3-4,6,9H,1-2,5H2,(H,15,16)(H,12,13,14)/t9-/m0/s1. The normalized spacial score (nSPS) is 18.9. The fourth-order valence-electron chi connectivity index (χ4n) is 1.63. The Labute approximate surface area is 97.6 Å². The van der Waals surface area contributed by atoms with Gasteiger partial charge in [-0.15, -0.1) is 0 Å². The maximum absolute atomic E-state index is 11.7. The molecule has 6 heteroatoms. The van der Waals surface area contributed by atoms with E-state index in [9.17, 15) is 9.59 Å². The van der Waals surface area contributed by atoms with E-state index >= 15 is 0 Å². The SMILES string of the molecule is O=C(O)c1cc(NC(=O)[C@@H]2CCCO2)ccn1. The lowest BCUT2D eigenvalue weighted by atomic mass is 10.2. The van der Waals surface area contributed by atoms with Crippen LogP contribution in [0.15, 0.2) is 18.3 Å². The molecule has 0 radical (unpaired) electrons. The van der Waals surface area contributed by atoms with Crippen molar-refractivity contribution in [2.45, 2.75) is 18.9 Å². The maximum Gasteiger partial charge on any atom is 0.354 e. The lowest BCUT2D eigenvalue weighted by Crippen LogP contribution is -2.26. The van der Waals surface area contributed by atoms with Crippen molar-refractivity contribution in [3.8, 4) is 0 Å². The molecule has 0 bridgehead atoms. The molecule has 1 aromatic heterocycles. The first-order valence-electron chi connectivity index (χ1n) is 5.28. The summed E-state index contributed by atoms with van der Waals surface area (Å²) in [5.74, 6) is -1.37. The summed E-state index contributed by atoms with van der Waals surface area (Å²) in [6, 6.07) is 2.86. The van der Waals surface area contributed by atoms with Crippen LogP contribution < -0.4 is 5.32 Å². The van der Waals surface area contributed by atoms with E-state index in [1.54, 1.807) is 6.07 Å². The number of amides is 1. The van der Waals surface area contributed by atoms with Crippen molar-refractivity contribution >= 4 is 17.6 Å². The molecule has 1 saturated heterocycles. The van der Waals surface area contributed by atoms with Crippen LogP contribution in [0.25, 0.3) is 0 Å². The van der Waals surface area contributed by atoms with Crippen molar-refractivity contribution in [3.63, 3.8) is 0 Å². The molecule has 90 valence electrons. The summed E-state index contributed by atoms with van der Waals surface area (Å²) in [6.45, 7) is 0.592. The Morgan fingerprint density at radius 3 is 3.00 bits per heavy atom. The third-order valence-corrected chi connectivity index (χ3v) is 2.47. The number of aromatic nitrogens is 1. The summed E-state index contributed by atoms with van der Waals surface area (Å²) in [6.07, 6.45) is 2.47. The van der Waals surface area contributed by atoms with Crippen molar-refractivity contribution in [2.24, 2.45) is 0 Å². The average Bonchev–Trinajstić information content (AvgIpc) is 2.82. The molecule has 6 nitrogen and oxygen atoms in total. The lowest BCUT2D eigenvalue weighted by molar-refractivity contribution is -0.124. The van der Waals surface area contributed by atoms with Gasteiger partial charge in [-0.25, -0.2) is 9.78 Å². The predicted molar refractivity (Wildman–Crippen MR) is 58.8 cm³/mol. The highest BCUT2D eigenvalue weighted by atomic mass is 16.5. The van der Waals surface area contributed by atoms with E-state index in [0.29, 0.717) is 18.7 Å². The maximum atomic E-state index is 11.7. The van der Waals surface area contributed by atoms with Crippen molar-refractivity contribution in [1.29, 1.82) is 0 Å². The van der Waals surface area contributed by atoms with Gasteiger partial charge in [0.15, 0.2) is 0 Å². The van der Waals surface area contributed by atoms with Gasteiger partial charge in [0.2, 0.25) is 0 Å². The Kier molecular flexibility index (Phi) is 3.34. The van der Waals surface area contributed by atoms with Crippen molar-refractivity contribution in [1.82, 2.24) is 4.98 Å². The molecule has 0 saturated carbocycles. The minimum atomic E-state index is -1.13. The minimum Gasteiger partial charge on any atom is -0.477 e. The smallest absolute Gasteiger partial charge is 0.354 e. The van der Waals surface area contributed by atoms with E-state index in [0.717, 1.165) is 6.42 Å². The third kappa shape index (κ3) is 2.79. The lowest BCUT2D eigenvalue weighted by Gasteiger charge is -2.10. The summed E-state index contributed by atoms with van der Waals surface area (Å²) in [5.41, 5.74) is 0.313. The number of nitrogens with one attached hydrogen (secondary N) is 1. The zero-order valence-electron chi connectivity index (χ0n) is 9.05. The molecule has 1 aliphatic rings. The van der Waals surface area contributed by atoms with E-state index in [-0.39, 0.29) is 11.6 Å². The first kappa shape index (κ1) is 11.5. The number of aromatic carboxylic acids is 1. The highest BCUT2D eigenvalue weighted by Gasteiger charge is 2.23. The van der Waals surface area contributed by atoms with Gasteiger partial charge < -0.3 is 15.2 Å². The third-order valence-electron chi connectivity index (χ3n) is 2.47. The van der Waals surface area contributed by atoms with Crippen LogP contribution >= 0.6 is 0 Å². The van der Waals surface area contributed by atoms with Gasteiger partial charge in [0.1, 0.15) is 11.8 Å². The number of rotatable bonds is 3. The first-order valence-corrected chi connectivity index (χ1v) is 5.28. The van der Waals surface area contributed by atoms with Gasteiger partial charge >= 0.3 is 5.97 Å². The largest absolute Gasteiger partial charge is 0.477 e. The van der Waals surface area contributed by atoms with Crippen LogP contribution in [0.2, 0.25) is 0 Å². The van der Waals surface area contributed by atoms with E-state index in [4.69, 9.17) is 9.84 Å². The number of carboxylic acid groups (broad SMARTS) is 1. The highest BCUT2D eigenvalue weighted by molar-refractivity contribution is 5.95. The number of carbonyl (C=O) groups excluding carboxylic acids is 1. The summed E-state index contributed by atoms with van der Waals surface area (Å²) < 4.78 is 5.22. The molecule has 1 atom stereocenters. The zero-order chi connectivity index (χ0) is 12.3. The fraction of sp³-hybridized carbons (Fsp3) is 0.364. The Hall–Kier alpha value is -1.95. The molecule has 17 heavy (non-hydrogen) atoms. The number of ether oxygens (including phenoxy) is 1. The van der Waals surface area contributed by atoms with Crippen molar-refractivity contribution < 1.29 is 19.4 Å². The summed E-state index contributed by atoms with van der Waals surface area (Å²) in [7, 11) is 0. The number of hydrogen-bond donors (Lipinski definition) is 2. The minimum absolute atomic E-state index is 0.102. The average molecular weight is 236 g/mol. The zero-order valence-corrected chi connectivity index (χ0v) is 9.05. The molecule has 2 N–H and O–H groups in total. The first-order chi connectivity index (χ1) is 8.16. The predicted octanol–water partition coefficient (Wildman–Crippen LogP) is 0.897. The molecular weight excluding hydrogens is 224 g/mol. The Morgan fingerprint density at radius 1 is 1.53 bits per heavy atom. The van der Waals surface area contributed by atoms with E-state index in [1.165, 1.54) is 12.3 Å². The Balaban J connectivity index is 2.05. The monoisotopic (exact) mass is 236 g/mol.